The van der Waals surface area contributed by atoms with Gasteiger partial charge in [0.05, 0.1) is 0 Å². The average molecular weight is 252 g/mol. The summed E-state index contributed by atoms with van der Waals surface area (Å²) in [4.78, 5) is 23.1. The third-order valence-electron chi connectivity index (χ3n) is 2.64. The molecule has 0 saturated heterocycles. The summed E-state index contributed by atoms with van der Waals surface area (Å²) in [5, 5.41) is 0. The Morgan fingerprint density at radius 3 is 2.28 bits per heavy atom. The molecule has 0 radical (unpaired) electrons. The summed E-state index contributed by atoms with van der Waals surface area (Å²) in [6, 6.07) is 0. The van der Waals surface area contributed by atoms with Crippen molar-refractivity contribution < 1.29 is 14.3 Å². The number of rotatable bonds is 8. The second kappa shape index (κ2) is 9.63. The van der Waals surface area contributed by atoms with Crippen LogP contribution in [0.3, 0.4) is 0 Å². The van der Waals surface area contributed by atoms with Crippen LogP contribution in [-0.4, -0.2) is 11.9 Å². The molecule has 0 saturated carbocycles. The molecule has 0 aliphatic rings. The second-order valence-corrected chi connectivity index (χ2v) is 4.41. The minimum atomic E-state index is -0.600. The van der Waals surface area contributed by atoms with Gasteiger partial charge in [-0.2, -0.15) is 0 Å². The molecule has 0 amide bonds. The molecule has 102 valence electrons. The van der Waals surface area contributed by atoms with Crippen LogP contribution in [0, 0.1) is 0 Å². The number of carbonyl (C=O) groups excluding carboxylic acids is 2. The fourth-order valence-electron chi connectivity index (χ4n) is 1.34. The minimum Gasteiger partial charge on any atom is -0.386 e. The summed E-state index contributed by atoms with van der Waals surface area (Å²) in [5.41, 5.74) is 0.853. The zero-order valence-corrected chi connectivity index (χ0v) is 11.8. The SMILES string of the molecule is C=C(CCCC)C(=O)OC(=O)C(C)=CCCCC. The first-order valence-electron chi connectivity index (χ1n) is 6.63. The van der Waals surface area contributed by atoms with Crippen LogP contribution in [0.4, 0.5) is 0 Å². The van der Waals surface area contributed by atoms with Crippen molar-refractivity contribution in [2.45, 2.75) is 59.3 Å². The van der Waals surface area contributed by atoms with E-state index in [1.807, 2.05) is 13.0 Å². The Morgan fingerprint density at radius 1 is 1.11 bits per heavy atom. The lowest BCUT2D eigenvalue weighted by Crippen LogP contribution is -2.14. The minimum absolute atomic E-state index is 0.367. The number of ether oxygens (including phenoxy) is 1. The number of unbranched alkanes of at least 4 members (excludes halogenated alkanes) is 3. The number of hydrogen-bond acceptors (Lipinski definition) is 3. The van der Waals surface area contributed by atoms with Crippen molar-refractivity contribution in [3.63, 3.8) is 0 Å². The molecule has 3 heteroatoms. The van der Waals surface area contributed by atoms with Gasteiger partial charge in [0.2, 0.25) is 0 Å². The zero-order valence-electron chi connectivity index (χ0n) is 11.8. The fourth-order valence-corrected chi connectivity index (χ4v) is 1.34. The predicted molar refractivity (Wildman–Crippen MR) is 73.0 cm³/mol. The highest BCUT2D eigenvalue weighted by Gasteiger charge is 2.14. The van der Waals surface area contributed by atoms with Crippen molar-refractivity contribution in [3.8, 4) is 0 Å². The summed E-state index contributed by atoms with van der Waals surface area (Å²) in [6.07, 6.45) is 7.20. The molecule has 0 aliphatic heterocycles. The van der Waals surface area contributed by atoms with E-state index in [1.165, 1.54) is 0 Å². The van der Waals surface area contributed by atoms with Crippen LogP contribution >= 0.6 is 0 Å². The molecule has 0 atom stereocenters. The molecule has 0 aromatic heterocycles. The Morgan fingerprint density at radius 2 is 1.72 bits per heavy atom. The Bertz CT molecular complexity index is 327. The average Bonchev–Trinajstić information content (AvgIpc) is 2.35. The van der Waals surface area contributed by atoms with Gasteiger partial charge in [-0.3, -0.25) is 0 Å². The second-order valence-electron chi connectivity index (χ2n) is 4.41. The first kappa shape index (κ1) is 16.6. The van der Waals surface area contributed by atoms with E-state index < -0.39 is 11.9 Å². The van der Waals surface area contributed by atoms with E-state index in [4.69, 9.17) is 4.74 Å². The van der Waals surface area contributed by atoms with E-state index in [-0.39, 0.29) is 0 Å². The van der Waals surface area contributed by atoms with Gasteiger partial charge >= 0.3 is 11.9 Å². The Hall–Kier alpha value is -1.38. The molecular weight excluding hydrogens is 228 g/mol. The summed E-state index contributed by atoms with van der Waals surface area (Å²) in [6.45, 7) is 9.42. The Balaban J connectivity index is 4.17. The van der Waals surface area contributed by atoms with Gasteiger partial charge in [0.25, 0.3) is 0 Å². The topological polar surface area (TPSA) is 43.4 Å². The van der Waals surface area contributed by atoms with Crippen LogP contribution in [0.2, 0.25) is 0 Å². The number of carbonyl (C=O) groups is 2. The lowest BCUT2D eigenvalue weighted by atomic mass is 10.1. The first-order valence-corrected chi connectivity index (χ1v) is 6.63. The molecule has 0 unspecified atom stereocenters. The summed E-state index contributed by atoms with van der Waals surface area (Å²) in [7, 11) is 0. The van der Waals surface area contributed by atoms with E-state index in [0.717, 1.165) is 32.1 Å². The van der Waals surface area contributed by atoms with E-state index in [9.17, 15) is 9.59 Å². The largest absolute Gasteiger partial charge is 0.386 e. The van der Waals surface area contributed by atoms with Gasteiger partial charge in [0.1, 0.15) is 0 Å². The van der Waals surface area contributed by atoms with Crippen LogP contribution in [0.15, 0.2) is 23.8 Å². The molecule has 0 aliphatic carbocycles. The van der Waals surface area contributed by atoms with Crippen LogP contribution < -0.4 is 0 Å². The maximum absolute atomic E-state index is 11.6. The smallest absolute Gasteiger partial charge is 0.341 e. The predicted octanol–water partition coefficient (Wildman–Crippen LogP) is 3.94. The van der Waals surface area contributed by atoms with Crippen molar-refractivity contribution in [1.29, 1.82) is 0 Å². The summed E-state index contributed by atoms with van der Waals surface area (Å²) in [5.74, 6) is -1.16. The van der Waals surface area contributed by atoms with Crippen molar-refractivity contribution in [2.75, 3.05) is 0 Å². The third-order valence-corrected chi connectivity index (χ3v) is 2.64. The Kier molecular flexibility index (Phi) is 8.89. The van der Waals surface area contributed by atoms with Crippen molar-refractivity contribution in [3.05, 3.63) is 23.8 Å². The number of esters is 2. The van der Waals surface area contributed by atoms with Gasteiger partial charge in [-0.1, -0.05) is 45.8 Å². The molecule has 0 spiro atoms. The van der Waals surface area contributed by atoms with Gasteiger partial charge < -0.3 is 4.74 Å². The molecule has 0 aromatic rings. The molecule has 0 aromatic carbocycles. The van der Waals surface area contributed by atoms with Crippen LogP contribution in [0.25, 0.3) is 0 Å². The van der Waals surface area contributed by atoms with Crippen LogP contribution in [0.5, 0.6) is 0 Å². The van der Waals surface area contributed by atoms with Gasteiger partial charge in [0.15, 0.2) is 0 Å². The van der Waals surface area contributed by atoms with Crippen molar-refractivity contribution >= 4 is 11.9 Å². The molecule has 0 rings (SSSR count). The quantitative estimate of drug-likeness (QED) is 0.284. The summed E-state index contributed by atoms with van der Waals surface area (Å²) < 4.78 is 4.76. The fraction of sp³-hybridized carbons (Fsp3) is 0.600. The normalized spacial score (nSPS) is 11.2. The van der Waals surface area contributed by atoms with Gasteiger partial charge in [-0.25, -0.2) is 9.59 Å². The maximum atomic E-state index is 11.6. The molecule has 0 bridgehead atoms. The van der Waals surface area contributed by atoms with E-state index >= 15 is 0 Å². The highest BCUT2D eigenvalue weighted by Crippen LogP contribution is 2.09. The first-order chi connectivity index (χ1) is 8.52. The number of hydrogen-bond donors (Lipinski definition) is 0. The Labute approximate surface area is 110 Å². The molecule has 0 N–H and O–H groups in total. The zero-order chi connectivity index (χ0) is 14.0. The van der Waals surface area contributed by atoms with Gasteiger partial charge in [0, 0.05) is 11.1 Å². The molecule has 18 heavy (non-hydrogen) atoms. The van der Waals surface area contributed by atoms with Gasteiger partial charge in [-0.05, 0) is 26.2 Å². The molecule has 3 nitrogen and oxygen atoms in total. The maximum Gasteiger partial charge on any atom is 0.341 e. The number of allylic oxidation sites excluding steroid dienone is 1. The van der Waals surface area contributed by atoms with Crippen LogP contribution in [0.1, 0.15) is 59.3 Å². The highest BCUT2D eigenvalue weighted by molar-refractivity contribution is 6.01. The monoisotopic (exact) mass is 252 g/mol. The highest BCUT2D eigenvalue weighted by atomic mass is 16.6. The lowest BCUT2D eigenvalue weighted by Gasteiger charge is -2.05. The van der Waals surface area contributed by atoms with Crippen molar-refractivity contribution in [2.24, 2.45) is 0 Å². The lowest BCUT2D eigenvalue weighted by molar-refractivity contribution is -0.154. The van der Waals surface area contributed by atoms with Crippen molar-refractivity contribution in [1.82, 2.24) is 0 Å². The third kappa shape index (κ3) is 7.05. The molecular formula is C15H24O3. The molecule has 0 heterocycles. The van der Waals surface area contributed by atoms with Crippen LogP contribution in [-0.2, 0) is 14.3 Å². The molecule has 0 fully saturated rings. The van der Waals surface area contributed by atoms with Gasteiger partial charge in [-0.15, -0.1) is 0 Å². The standard InChI is InChI=1S/C15H24O3/c1-5-7-9-11-13(4)15(17)18-14(16)12(3)10-8-6-2/h11H,3,5-10H2,1-2,4H3. The van der Waals surface area contributed by atoms with E-state index in [2.05, 4.69) is 13.5 Å². The summed E-state index contributed by atoms with van der Waals surface area (Å²) >= 11 is 0. The van der Waals surface area contributed by atoms with E-state index in [1.54, 1.807) is 6.92 Å². The van der Waals surface area contributed by atoms with E-state index in [0.29, 0.717) is 17.6 Å².